The zero-order chi connectivity index (χ0) is 13.9. The van der Waals surface area contributed by atoms with E-state index in [1.807, 2.05) is 12.1 Å². The van der Waals surface area contributed by atoms with Gasteiger partial charge >= 0.3 is 0 Å². The molecule has 0 aliphatic carbocycles. The summed E-state index contributed by atoms with van der Waals surface area (Å²) in [5.74, 6) is 0.958. The second-order valence-corrected chi connectivity index (χ2v) is 5.82. The number of benzene rings is 1. The average molecular weight is 275 g/mol. The van der Waals surface area contributed by atoms with E-state index in [1.54, 1.807) is 0 Å². The van der Waals surface area contributed by atoms with Crippen LogP contribution in [0.3, 0.4) is 0 Å². The fourth-order valence-electron chi connectivity index (χ4n) is 3.30. The highest BCUT2D eigenvalue weighted by Gasteiger charge is 2.36. The maximum absolute atomic E-state index is 6.58. The quantitative estimate of drug-likeness (QED) is 0.884. The highest BCUT2D eigenvalue weighted by atomic mass is 16.5. The lowest BCUT2D eigenvalue weighted by atomic mass is 9.94. The van der Waals surface area contributed by atoms with Crippen molar-refractivity contribution in [2.45, 2.75) is 25.4 Å². The van der Waals surface area contributed by atoms with Crippen LogP contribution in [0.5, 0.6) is 5.75 Å². The summed E-state index contributed by atoms with van der Waals surface area (Å²) < 4.78 is 5.87. The second kappa shape index (κ2) is 6.12. The van der Waals surface area contributed by atoms with Gasteiger partial charge in [-0.25, -0.2) is 0 Å². The van der Waals surface area contributed by atoms with Crippen LogP contribution in [-0.2, 0) is 0 Å². The first-order valence-corrected chi connectivity index (χ1v) is 7.73. The topological polar surface area (TPSA) is 41.7 Å². The van der Waals surface area contributed by atoms with Gasteiger partial charge in [-0.2, -0.15) is 0 Å². The lowest BCUT2D eigenvalue weighted by Crippen LogP contribution is -2.63. The molecule has 3 aliphatic heterocycles. The maximum atomic E-state index is 6.58. The van der Waals surface area contributed by atoms with E-state index in [9.17, 15) is 0 Å². The Morgan fingerprint density at radius 2 is 2.00 bits per heavy atom. The number of rotatable bonds is 5. The third-order valence-electron chi connectivity index (χ3n) is 4.48. The highest BCUT2D eigenvalue weighted by Crippen LogP contribution is 2.31. The van der Waals surface area contributed by atoms with Gasteiger partial charge in [-0.1, -0.05) is 25.1 Å². The summed E-state index contributed by atoms with van der Waals surface area (Å²) in [7, 11) is 0. The molecule has 0 spiro atoms. The Balaban J connectivity index is 1.78. The first kappa shape index (κ1) is 13.9. The number of nitrogens with two attached hydrogens (primary N) is 1. The first-order chi connectivity index (χ1) is 9.79. The molecule has 0 amide bonds. The van der Waals surface area contributed by atoms with Crippen molar-refractivity contribution in [1.29, 1.82) is 0 Å². The maximum Gasteiger partial charge on any atom is 0.124 e. The monoisotopic (exact) mass is 275 g/mol. The number of hydrogen-bond donors (Lipinski definition) is 1. The molecule has 1 aromatic rings. The summed E-state index contributed by atoms with van der Waals surface area (Å²) in [5, 5.41) is 0. The number of piperazine rings is 3. The van der Waals surface area contributed by atoms with E-state index in [0.29, 0.717) is 6.04 Å². The van der Waals surface area contributed by atoms with Crippen molar-refractivity contribution < 1.29 is 4.74 Å². The average Bonchev–Trinajstić information content (AvgIpc) is 2.53. The third kappa shape index (κ3) is 2.68. The van der Waals surface area contributed by atoms with Crippen molar-refractivity contribution >= 4 is 0 Å². The minimum atomic E-state index is 0.0335. The van der Waals surface area contributed by atoms with Gasteiger partial charge in [0, 0.05) is 44.3 Å². The molecule has 2 N–H and O–H groups in total. The molecule has 3 heterocycles. The van der Waals surface area contributed by atoms with E-state index < -0.39 is 0 Å². The zero-order valence-corrected chi connectivity index (χ0v) is 12.3. The third-order valence-corrected chi connectivity index (χ3v) is 4.48. The van der Waals surface area contributed by atoms with Crippen molar-refractivity contribution in [3.63, 3.8) is 0 Å². The normalized spacial score (nSPS) is 30.2. The van der Waals surface area contributed by atoms with Gasteiger partial charge in [0.15, 0.2) is 0 Å². The van der Waals surface area contributed by atoms with Gasteiger partial charge in [0.05, 0.1) is 12.6 Å². The lowest BCUT2D eigenvalue weighted by Gasteiger charge is -2.49. The molecule has 4 heteroatoms. The van der Waals surface area contributed by atoms with Gasteiger partial charge in [0.2, 0.25) is 0 Å². The molecule has 2 bridgehead atoms. The molecular formula is C16H25N3O. The summed E-state index contributed by atoms with van der Waals surface area (Å²) in [6, 6.07) is 8.70. The van der Waals surface area contributed by atoms with Gasteiger partial charge in [-0.3, -0.25) is 9.80 Å². The van der Waals surface area contributed by atoms with Crippen molar-refractivity contribution in [1.82, 2.24) is 9.80 Å². The van der Waals surface area contributed by atoms with Crippen molar-refractivity contribution in [3.05, 3.63) is 29.8 Å². The number of fused-ring (bicyclic) bond motifs is 3. The molecule has 3 saturated heterocycles. The molecular weight excluding hydrogens is 250 g/mol. The molecule has 4 rings (SSSR count). The molecule has 0 saturated carbocycles. The number of ether oxygens (including phenoxy) is 1. The Bertz CT molecular complexity index is 443. The molecule has 20 heavy (non-hydrogen) atoms. The van der Waals surface area contributed by atoms with Gasteiger partial charge in [0.25, 0.3) is 0 Å². The fourth-order valence-corrected chi connectivity index (χ4v) is 3.30. The van der Waals surface area contributed by atoms with E-state index >= 15 is 0 Å². The predicted octanol–water partition coefficient (Wildman–Crippen LogP) is 1.48. The fraction of sp³-hybridized carbons (Fsp3) is 0.625. The van der Waals surface area contributed by atoms with E-state index in [2.05, 4.69) is 28.9 Å². The van der Waals surface area contributed by atoms with Crippen molar-refractivity contribution in [2.75, 3.05) is 39.3 Å². The standard InChI is InChI=1S/C16H25N3O/c1-2-11-20-15-6-4-3-5-13(15)16(17)14-12-18-7-9-19(14)10-8-18/h3-6,14,16H,2,7-12,17H2,1H3. The van der Waals surface area contributed by atoms with Crippen LogP contribution in [0, 0.1) is 0 Å². The smallest absolute Gasteiger partial charge is 0.124 e. The summed E-state index contributed by atoms with van der Waals surface area (Å²) in [4.78, 5) is 5.07. The zero-order valence-electron chi connectivity index (χ0n) is 12.3. The summed E-state index contributed by atoms with van der Waals surface area (Å²) >= 11 is 0. The first-order valence-electron chi connectivity index (χ1n) is 7.73. The Kier molecular flexibility index (Phi) is 4.24. The van der Waals surface area contributed by atoms with Crippen LogP contribution in [0.25, 0.3) is 0 Å². The summed E-state index contributed by atoms with van der Waals surface area (Å²) in [6.07, 6.45) is 1.02. The van der Waals surface area contributed by atoms with E-state index in [-0.39, 0.29) is 6.04 Å². The molecule has 2 atom stereocenters. The minimum Gasteiger partial charge on any atom is -0.493 e. The van der Waals surface area contributed by atoms with Crippen molar-refractivity contribution in [3.8, 4) is 5.75 Å². The SMILES string of the molecule is CCCOc1ccccc1C(N)C1CN2CCN1CC2. The van der Waals surface area contributed by atoms with Gasteiger partial charge in [0.1, 0.15) is 5.75 Å². The molecule has 4 nitrogen and oxygen atoms in total. The lowest BCUT2D eigenvalue weighted by molar-refractivity contribution is 0.00180. The molecule has 3 aliphatic rings. The highest BCUT2D eigenvalue weighted by molar-refractivity contribution is 5.37. The number of para-hydroxylation sites is 1. The van der Waals surface area contributed by atoms with Crippen LogP contribution in [-0.4, -0.2) is 55.2 Å². The minimum absolute atomic E-state index is 0.0335. The van der Waals surface area contributed by atoms with Crippen LogP contribution >= 0.6 is 0 Å². The van der Waals surface area contributed by atoms with Crippen LogP contribution in [0.4, 0.5) is 0 Å². The number of nitrogens with zero attached hydrogens (tertiary/aromatic N) is 2. The van der Waals surface area contributed by atoms with Crippen LogP contribution in [0.2, 0.25) is 0 Å². The predicted molar refractivity (Wildman–Crippen MR) is 81.0 cm³/mol. The largest absolute Gasteiger partial charge is 0.493 e. The molecule has 2 unspecified atom stereocenters. The Morgan fingerprint density at radius 3 is 2.65 bits per heavy atom. The summed E-state index contributed by atoms with van der Waals surface area (Å²) in [5.41, 5.74) is 7.73. The van der Waals surface area contributed by atoms with E-state index in [0.717, 1.165) is 44.0 Å². The van der Waals surface area contributed by atoms with Gasteiger partial charge in [-0.05, 0) is 12.5 Å². The molecule has 110 valence electrons. The summed E-state index contributed by atoms with van der Waals surface area (Å²) in [6.45, 7) is 8.65. The number of hydrogen-bond acceptors (Lipinski definition) is 4. The Morgan fingerprint density at radius 1 is 1.25 bits per heavy atom. The van der Waals surface area contributed by atoms with Crippen molar-refractivity contribution in [2.24, 2.45) is 5.73 Å². The van der Waals surface area contributed by atoms with Crippen LogP contribution in [0.15, 0.2) is 24.3 Å². The Hall–Kier alpha value is -1.10. The van der Waals surface area contributed by atoms with Crippen LogP contribution < -0.4 is 10.5 Å². The second-order valence-electron chi connectivity index (χ2n) is 5.82. The van der Waals surface area contributed by atoms with Gasteiger partial charge in [-0.15, -0.1) is 0 Å². The van der Waals surface area contributed by atoms with E-state index in [1.165, 1.54) is 13.1 Å². The molecule has 0 aromatic heterocycles. The van der Waals surface area contributed by atoms with Gasteiger partial charge < -0.3 is 10.5 Å². The van der Waals surface area contributed by atoms with E-state index in [4.69, 9.17) is 10.5 Å². The molecule has 3 fully saturated rings. The molecule has 1 aromatic carbocycles. The van der Waals surface area contributed by atoms with Crippen LogP contribution in [0.1, 0.15) is 24.9 Å². The molecule has 0 radical (unpaired) electrons. The Labute approximate surface area is 121 Å².